The molecule has 0 aliphatic carbocycles. The van der Waals surface area contributed by atoms with Gasteiger partial charge in [0.25, 0.3) is 5.91 Å². The van der Waals surface area contributed by atoms with Gasteiger partial charge in [-0.15, -0.1) is 0 Å². The van der Waals surface area contributed by atoms with E-state index in [0.29, 0.717) is 10.9 Å². The number of aliphatic carboxylic acids is 1. The number of fused-ring (bicyclic) bond motifs is 1. The van der Waals surface area contributed by atoms with E-state index >= 15 is 0 Å². The van der Waals surface area contributed by atoms with Crippen molar-refractivity contribution in [2.75, 3.05) is 0 Å². The Morgan fingerprint density at radius 1 is 1.32 bits per heavy atom. The maximum atomic E-state index is 12.0. The summed E-state index contributed by atoms with van der Waals surface area (Å²) >= 11 is 0. The van der Waals surface area contributed by atoms with E-state index in [1.54, 1.807) is 19.1 Å². The van der Waals surface area contributed by atoms with Crippen LogP contribution >= 0.6 is 0 Å². The summed E-state index contributed by atoms with van der Waals surface area (Å²) in [6.07, 6.45) is 3.22. The number of furan rings is 1. The van der Waals surface area contributed by atoms with Gasteiger partial charge in [-0.25, -0.2) is 0 Å². The van der Waals surface area contributed by atoms with Gasteiger partial charge in [0.1, 0.15) is 11.6 Å². The zero-order chi connectivity index (χ0) is 16.4. The largest absolute Gasteiger partial charge is 0.504 e. The van der Waals surface area contributed by atoms with Gasteiger partial charge >= 0.3 is 5.97 Å². The van der Waals surface area contributed by atoms with Crippen LogP contribution in [0.5, 0.6) is 11.5 Å². The highest BCUT2D eigenvalue weighted by atomic mass is 16.4. The Morgan fingerprint density at radius 3 is 2.59 bits per heavy atom. The quantitative estimate of drug-likeness (QED) is 0.642. The van der Waals surface area contributed by atoms with E-state index in [4.69, 9.17) is 9.52 Å². The molecular weight excluding hydrogens is 290 g/mol. The number of allylic oxidation sites excluding steroid dienone is 1. The number of rotatable bonds is 4. The molecule has 0 fully saturated rings. The Labute approximate surface area is 125 Å². The summed E-state index contributed by atoms with van der Waals surface area (Å²) in [6.45, 7) is 3.06. The summed E-state index contributed by atoms with van der Waals surface area (Å²) in [4.78, 5) is 22.7. The lowest BCUT2D eigenvalue weighted by atomic mass is 10.1. The standard InChI is InChI=1S/C15H15NO6/c1-3-4-8-9-5-12(14(19)16-7(2)15(20)21)22-11(9)6-10(17)13(8)18/h3-7,17-18H,1-2H3,(H,16,19)(H,20,21)/b4-3+/t7-/m1/s1. The first kappa shape index (κ1) is 15.4. The first-order chi connectivity index (χ1) is 10.3. The summed E-state index contributed by atoms with van der Waals surface area (Å²) in [5.74, 6) is -2.68. The van der Waals surface area contributed by atoms with Crippen LogP contribution in [0.2, 0.25) is 0 Å². The van der Waals surface area contributed by atoms with Crippen molar-refractivity contribution in [2.24, 2.45) is 0 Å². The summed E-state index contributed by atoms with van der Waals surface area (Å²) in [5, 5.41) is 31.0. The number of aromatic hydroxyl groups is 2. The van der Waals surface area contributed by atoms with Crippen LogP contribution in [0.25, 0.3) is 17.0 Å². The lowest BCUT2D eigenvalue weighted by molar-refractivity contribution is -0.138. The normalized spacial score (nSPS) is 12.6. The van der Waals surface area contributed by atoms with E-state index in [1.165, 1.54) is 19.1 Å². The molecule has 7 heteroatoms. The first-order valence-corrected chi connectivity index (χ1v) is 6.50. The highest BCUT2D eigenvalue weighted by Gasteiger charge is 2.21. The first-order valence-electron chi connectivity index (χ1n) is 6.50. The molecule has 0 saturated heterocycles. The summed E-state index contributed by atoms with van der Waals surface area (Å²) in [6, 6.07) is 1.50. The second kappa shape index (κ2) is 5.80. The number of nitrogens with one attached hydrogen (secondary N) is 1. The van der Waals surface area contributed by atoms with E-state index < -0.39 is 17.9 Å². The van der Waals surface area contributed by atoms with Crippen molar-refractivity contribution in [3.63, 3.8) is 0 Å². The zero-order valence-electron chi connectivity index (χ0n) is 12.0. The summed E-state index contributed by atoms with van der Waals surface area (Å²) in [7, 11) is 0. The maximum Gasteiger partial charge on any atom is 0.325 e. The van der Waals surface area contributed by atoms with E-state index in [-0.39, 0.29) is 22.8 Å². The van der Waals surface area contributed by atoms with Gasteiger partial charge in [-0.1, -0.05) is 12.2 Å². The second-order valence-corrected chi connectivity index (χ2v) is 4.71. The molecule has 116 valence electrons. The van der Waals surface area contributed by atoms with Crippen molar-refractivity contribution < 1.29 is 29.3 Å². The van der Waals surface area contributed by atoms with Crippen LogP contribution in [-0.2, 0) is 4.79 Å². The minimum Gasteiger partial charge on any atom is -0.504 e. The minimum absolute atomic E-state index is 0.112. The van der Waals surface area contributed by atoms with Gasteiger partial charge in [0, 0.05) is 17.0 Å². The molecule has 7 nitrogen and oxygen atoms in total. The molecule has 0 radical (unpaired) electrons. The maximum absolute atomic E-state index is 12.0. The number of phenols is 2. The molecule has 0 aliphatic heterocycles. The highest BCUT2D eigenvalue weighted by molar-refractivity contribution is 6.01. The van der Waals surface area contributed by atoms with Crippen LogP contribution in [0.4, 0.5) is 0 Å². The lowest BCUT2D eigenvalue weighted by Gasteiger charge is -2.06. The van der Waals surface area contributed by atoms with E-state index in [9.17, 15) is 19.8 Å². The molecule has 1 aromatic heterocycles. The highest BCUT2D eigenvalue weighted by Crippen LogP contribution is 2.38. The third-order valence-electron chi connectivity index (χ3n) is 3.09. The Kier molecular flexibility index (Phi) is 4.07. The minimum atomic E-state index is -1.17. The number of hydrogen-bond acceptors (Lipinski definition) is 5. The molecule has 4 N–H and O–H groups in total. The van der Waals surface area contributed by atoms with Gasteiger partial charge in [0.15, 0.2) is 17.3 Å². The Morgan fingerprint density at radius 2 is 2.00 bits per heavy atom. The van der Waals surface area contributed by atoms with Crippen LogP contribution < -0.4 is 5.32 Å². The number of carboxylic acid groups (broad SMARTS) is 1. The lowest BCUT2D eigenvalue weighted by Crippen LogP contribution is -2.38. The molecule has 1 amide bonds. The number of phenolic OH excluding ortho intramolecular Hbond substituents is 2. The van der Waals surface area contributed by atoms with Crippen LogP contribution in [0, 0.1) is 0 Å². The molecule has 2 rings (SSSR count). The number of carbonyl (C=O) groups is 2. The summed E-state index contributed by atoms with van der Waals surface area (Å²) < 4.78 is 5.32. The van der Waals surface area contributed by atoms with Crippen LogP contribution in [-0.4, -0.2) is 33.2 Å². The monoisotopic (exact) mass is 305 g/mol. The van der Waals surface area contributed by atoms with Crippen LogP contribution in [0.1, 0.15) is 30.0 Å². The van der Waals surface area contributed by atoms with Gasteiger partial charge in [-0.05, 0) is 19.9 Å². The van der Waals surface area contributed by atoms with Crippen LogP contribution in [0.15, 0.2) is 22.6 Å². The molecule has 2 aromatic rings. The zero-order valence-corrected chi connectivity index (χ0v) is 12.0. The SMILES string of the molecule is C/C=C/c1c(O)c(O)cc2oc(C(=O)N[C@H](C)C(=O)O)cc12. The number of carboxylic acids is 1. The number of benzene rings is 1. The van der Waals surface area contributed by atoms with E-state index in [2.05, 4.69) is 5.32 Å². The van der Waals surface area contributed by atoms with Crippen molar-refractivity contribution in [1.82, 2.24) is 5.32 Å². The molecule has 0 unspecified atom stereocenters. The van der Waals surface area contributed by atoms with Gasteiger partial charge < -0.3 is 25.1 Å². The van der Waals surface area contributed by atoms with Crippen molar-refractivity contribution in [3.8, 4) is 11.5 Å². The average Bonchev–Trinajstić information content (AvgIpc) is 2.87. The smallest absolute Gasteiger partial charge is 0.325 e. The molecule has 0 saturated carbocycles. The Hall–Kier alpha value is -2.96. The van der Waals surface area contributed by atoms with Gasteiger partial charge in [0.2, 0.25) is 0 Å². The number of carbonyl (C=O) groups excluding carboxylic acids is 1. The molecular formula is C15H15NO6. The predicted molar refractivity (Wildman–Crippen MR) is 78.8 cm³/mol. The second-order valence-electron chi connectivity index (χ2n) is 4.71. The third kappa shape index (κ3) is 2.73. The molecule has 0 aliphatic rings. The van der Waals surface area contributed by atoms with Crippen LogP contribution in [0.3, 0.4) is 0 Å². The van der Waals surface area contributed by atoms with Gasteiger partial charge in [-0.3, -0.25) is 9.59 Å². The predicted octanol–water partition coefficient (Wildman–Crippen LogP) is 2.08. The van der Waals surface area contributed by atoms with E-state index in [0.717, 1.165) is 0 Å². The summed E-state index contributed by atoms with van der Waals surface area (Å²) in [5.41, 5.74) is 0.517. The Bertz CT molecular complexity index is 774. The molecule has 1 heterocycles. The fourth-order valence-corrected chi connectivity index (χ4v) is 1.96. The van der Waals surface area contributed by atoms with Crippen molar-refractivity contribution in [1.29, 1.82) is 0 Å². The Balaban J connectivity index is 2.48. The molecule has 0 spiro atoms. The molecule has 1 atom stereocenters. The molecule has 0 bridgehead atoms. The average molecular weight is 305 g/mol. The van der Waals surface area contributed by atoms with Crippen molar-refractivity contribution >= 4 is 28.9 Å². The van der Waals surface area contributed by atoms with Crippen molar-refractivity contribution in [2.45, 2.75) is 19.9 Å². The molecule has 22 heavy (non-hydrogen) atoms. The van der Waals surface area contributed by atoms with Gasteiger partial charge in [0.05, 0.1) is 0 Å². The van der Waals surface area contributed by atoms with Gasteiger partial charge in [-0.2, -0.15) is 0 Å². The number of amides is 1. The fourth-order valence-electron chi connectivity index (χ4n) is 1.96. The third-order valence-corrected chi connectivity index (χ3v) is 3.09. The number of hydrogen-bond donors (Lipinski definition) is 4. The van der Waals surface area contributed by atoms with E-state index in [1.807, 2.05) is 0 Å². The topological polar surface area (TPSA) is 120 Å². The molecule has 1 aromatic carbocycles. The fraction of sp³-hybridized carbons (Fsp3) is 0.200. The van der Waals surface area contributed by atoms with Crippen molar-refractivity contribution in [3.05, 3.63) is 29.5 Å².